The van der Waals surface area contributed by atoms with Gasteiger partial charge in [0.25, 0.3) is 0 Å². The minimum Gasteiger partial charge on any atom is -0.483 e. The Labute approximate surface area is 205 Å². The lowest BCUT2D eigenvalue weighted by Crippen LogP contribution is -2.14. The molecule has 0 saturated carbocycles. The van der Waals surface area contributed by atoms with Gasteiger partial charge < -0.3 is 14.6 Å². The molecule has 1 unspecified atom stereocenters. The van der Waals surface area contributed by atoms with Gasteiger partial charge in [-0.25, -0.2) is 4.98 Å². The van der Waals surface area contributed by atoms with Crippen LogP contribution in [0.2, 0.25) is 5.02 Å². The molecule has 10 heteroatoms. The molecule has 0 fully saturated rings. The third-order valence-electron chi connectivity index (χ3n) is 4.76. The Morgan fingerprint density at radius 1 is 1.24 bits per heavy atom. The van der Waals surface area contributed by atoms with Crippen molar-refractivity contribution >= 4 is 45.7 Å². The van der Waals surface area contributed by atoms with Crippen LogP contribution < -0.4 is 10.1 Å². The van der Waals surface area contributed by atoms with Gasteiger partial charge in [-0.2, -0.15) is 0 Å². The van der Waals surface area contributed by atoms with Gasteiger partial charge in [-0.1, -0.05) is 47.6 Å². The molecule has 0 bridgehead atoms. The number of hydrogen-bond donors (Lipinski definition) is 1. The first kappa shape index (κ1) is 23.3. The van der Waals surface area contributed by atoms with Crippen LogP contribution in [0, 0.1) is 6.92 Å². The number of hydrogen-bond acceptors (Lipinski definition) is 7. The lowest BCUT2D eigenvalue weighted by atomic mass is 10.2. The van der Waals surface area contributed by atoms with Gasteiger partial charge in [0.15, 0.2) is 22.2 Å². The van der Waals surface area contributed by atoms with Crippen molar-refractivity contribution in [1.82, 2.24) is 19.7 Å². The fourth-order valence-electron chi connectivity index (χ4n) is 3.12. The molecule has 2 aromatic heterocycles. The van der Waals surface area contributed by atoms with E-state index in [9.17, 15) is 4.79 Å². The highest BCUT2D eigenvalue weighted by molar-refractivity contribution is 7.99. The number of rotatable bonds is 8. The molecule has 0 spiro atoms. The van der Waals surface area contributed by atoms with Crippen molar-refractivity contribution in [3.05, 3.63) is 70.3 Å². The summed E-state index contributed by atoms with van der Waals surface area (Å²) in [5.74, 6) is 1.49. The van der Waals surface area contributed by atoms with Crippen LogP contribution in [-0.4, -0.2) is 31.4 Å². The second kappa shape index (κ2) is 10.4. The summed E-state index contributed by atoms with van der Waals surface area (Å²) in [5, 5.41) is 15.1. The molecule has 4 aromatic rings. The number of halogens is 1. The van der Waals surface area contributed by atoms with E-state index in [1.54, 1.807) is 0 Å². The Morgan fingerprint density at radius 3 is 2.79 bits per heavy atom. The van der Waals surface area contributed by atoms with Gasteiger partial charge in [-0.05, 0) is 43.7 Å². The predicted octanol–water partition coefficient (Wildman–Crippen LogP) is 5.77. The number of nitrogens with one attached hydrogen (secondary N) is 1. The van der Waals surface area contributed by atoms with Crippen molar-refractivity contribution in [2.24, 2.45) is 7.05 Å². The molecular weight excluding hydrogens is 478 g/mol. The second-order valence-electron chi connectivity index (χ2n) is 7.36. The lowest BCUT2D eigenvalue weighted by Gasteiger charge is -2.14. The van der Waals surface area contributed by atoms with E-state index in [2.05, 4.69) is 20.5 Å². The number of carbonyl (C=O) groups is 1. The molecule has 170 valence electrons. The molecule has 1 N–H and O–H groups in total. The SMILES string of the molecule is Cc1cccc(OC(C)c2nnc(SCC(=O)Nc3nc(-c4ccc(Cl)cc4)cs3)n2C)c1. The molecule has 0 saturated heterocycles. The number of aryl methyl sites for hydroxylation is 1. The zero-order chi connectivity index (χ0) is 23.4. The van der Waals surface area contributed by atoms with Crippen molar-refractivity contribution in [3.63, 3.8) is 0 Å². The average molecular weight is 500 g/mol. The summed E-state index contributed by atoms with van der Waals surface area (Å²) in [4.78, 5) is 16.9. The van der Waals surface area contributed by atoms with E-state index in [-0.39, 0.29) is 17.8 Å². The maximum absolute atomic E-state index is 12.4. The number of ether oxygens (including phenoxy) is 1. The van der Waals surface area contributed by atoms with Crippen molar-refractivity contribution in [2.45, 2.75) is 25.1 Å². The van der Waals surface area contributed by atoms with Gasteiger partial charge in [-0.15, -0.1) is 21.5 Å². The number of amides is 1. The standard InChI is InChI=1S/C23H22ClN5O2S2/c1-14-5-4-6-18(11-14)31-15(2)21-27-28-23(29(21)3)33-13-20(30)26-22-25-19(12-32-22)16-7-9-17(24)10-8-16/h4-12,15H,13H2,1-3H3,(H,25,26,30). The smallest absolute Gasteiger partial charge is 0.236 e. The van der Waals surface area contributed by atoms with Crippen LogP contribution in [-0.2, 0) is 11.8 Å². The summed E-state index contributed by atoms with van der Waals surface area (Å²) in [5.41, 5.74) is 2.86. The van der Waals surface area contributed by atoms with Crippen LogP contribution in [0.4, 0.5) is 5.13 Å². The number of thiazole rings is 1. The average Bonchev–Trinajstić information content (AvgIpc) is 3.39. The van der Waals surface area contributed by atoms with Gasteiger partial charge in [0.1, 0.15) is 5.75 Å². The van der Waals surface area contributed by atoms with Gasteiger partial charge in [-0.3, -0.25) is 4.79 Å². The van der Waals surface area contributed by atoms with Crippen molar-refractivity contribution in [2.75, 3.05) is 11.1 Å². The van der Waals surface area contributed by atoms with Gasteiger partial charge in [0.2, 0.25) is 5.91 Å². The lowest BCUT2D eigenvalue weighted by molar-refractivity contribution is -0.113. The monoisotopic (exact) mass is 499 g/mol. The van der Waals surface area contributed by atoms with Gasteiger partial charge in [0.05, 0.1) is 11.4 Å². The largest absolute Gasteiger partial charge is 0.483 e. The highest BCUT2D eigenvalue weighted by atomic mass is 35.5. The molecule has 4 rings (SSSR count). The first-order chi connectivity index (χ1) is 15.9. The number of aromatic nitrogens is 4. The molecule has 0 aliphatic rings. The number of thioether (sulfide) groups is 1. The molecule has 1 amide bonds. The van der Waals surface area contributed by atoms with Crippen molar-refractivity contribution in [1.29, 1.82) is 0 Å². The Hall–Kier alpha value is -2.88. The Bertz CT molecular complexity index is 1260. The van der Waals surface area contributed by atoms with Crippen molar-refractivity contribution < 1.29 is 9.53 Å². The van der Waals surface area contributed by atoms with Gasteiger partial charge in [0, 0.05) is 23.0 Å². The molecule has 1 atom stereocenters. The second-order valence-corrected chi connectivity index (χ2v) is 9.60. The Kier molecular flexibility index (Phi) is 7.32. The van der Waals surface area contributed by atoms with Crippen LogP contribution in [0.1, 0.15) is 24.4 Å². The van der Waals surface area contributed by atoms with E-state index in [0.29, 0.717) is 21.1 Å². The van der Waals surface area contributed by atoms with Gasteiger partial charge >= 0.3 is 0 Å². The third kappa shape index (κ3) is 5.93. The van der Waals surface area contributed by atoms with Crippen LogP contribution in [0.15, 0.2) is 59.1 Å². The first-order valence-electron chi connectivity index (χ1n) is 10.2. The summed E-state index contributed by atoms with van der Waals surface area (Å²) < 4.78 is 7.85. The summed E-state index contributed by atoms with van der Waals surface area (Å²) in [6.45, 7) is 3.94. The maximum Gasteiger partial charge on any atom is 0.236 e. The number of benzene rings is 2. The summed E-state index contributed by atoms with van der Waals surface area (Å²) in [6.07, 6.45) is -0.283. The Morgan fingerprint density at radius 2 is 2.03 bits per heavy atom. The minimum absolute atomic E-state index is 0.161. The number of carbonyl (C=O) groups excluding carboxylic acids is 1. The van der Waals surface area contributed by atoms with E-state index in [0.717, 1.165) is 22.6 Å². The zero-order valence-electron chi connectivity index (χ0n) is 18.3. The molecule has 0 radical (unpaired) electrons. The molecule has 2 aromatic carbocycles. The molecule has 7 nitrogen and oxygen atoms in total. The molecule has 0 aliphatic heterocycles. The molecule has 2 heterocycles. The van der Waals surface area contributed by atoms with Crippen LogP contribution in [0.25, 0.3) is 11.3 Å². The summed E-state index contributed by atoms with van der Waals surface area (Å²) in [7, 11) is 1.87. The van der Waals surface area contributed by atoms with E-state index < -0.39 is 0 Å². The van der Waals surface area contributed by atoms with Crippen LogP contribution in [0.5, 0.6) is 5.75 Å². The molecule has 0 aliphatic carbocycles. The normalized spacial score (nSPS) is 11.9. The number of anilines is 1. The van der Waals surface area contributed by atoms with Crippen LogP contribution >= 0.6 is 34.7 Å². The topological polar surface area (TPSA) is 81.9 Å². The van der Waals surface area contributed by atoms with E-state index in [1.807, 2.05) is 79.4 Å². The highest BCUT2D eigenvalue weighted by Gasteiger charge is 2.18. The van der Waals surface area contributed by atoms with Crippen LogP contribution in [0.3, 0.4) is 0 Å². The fraction of sp³-hybridized carbons (Fsp3) is 0.217. The summed E-state index contributed by atoms with van der Waals surface area (Å²) >= 11 is 8.62. The third-order valence-corrected chi connectivity index (χ3v) is 6.79. The number of nitrogens with zero attached hydrogens (tertiary/aromatic N) is 4. The zero-order valence-corrected chi connectivity index (χ0v) is 20.7. The predicted molar refractivity (Wildman–Crippen MR) is 133 cm³/mol. The summed E-state index contributed by atoms with van der Waals surface area (Å²) in [6, 6.07) is 15.3. The molecular formula is C23H22ClN5O2S2. The molecule has 33 heavy (non-hydrogen) atoms. The Balaban J connectivity index is 1.32. The maximum atomic E-state index is 12.4. The van der Waals surface area contributed by atoms with E-state index in [4.69, 9.17) is 16.3 Å². The first-order valence-corrected chi connectivity index (χ1v) is 12.4. The van der Waals surface area contributed by atoms with E-state index in [1.165, 1.54) is 23.1 Å². The minimum atomic E-state index is -0.283. The quantitative estimate of drug-likeness (QED) is 0.310. The van der Waals surface area contributed by atoms with Crippen molar-refractivity contribution in [3.8, 4) is 17.0 Å². The van der Waals surface area contributed by atoms with E-state index >= 15 is 0 Å². The fourth-order valence-corrected chi connectivity index (χ4v) is 4.70. The highest BCUT2D eigenvalue weighted by Crippen LogP contribution is 2.27.